The Morgan fingerprint density at radius 1 is 1.46 bits per heavy atom. The Hall–Kier alpha value is -2.10. The number of nitro benzene ring substituents is 1. The molecule has 0 radical (unpaired) electrons. The highest BCUT2D eigenvalue weighted by Gasteiger charge is 2.33. The minimum absolute atomic E-state index is 0.157. The van der Waals surface area contributed by atoms with E-state index in [2.05, 4.69) is 15.9 Å². The number of anilines is 2. The number of carbonyl (C=O) groups excluding carboxylic acids is 1. The smallest absolute Gasteiger partial charge is 0.410 e. The van der Waals surface area contributed by atoms with Crippen molar-refractivity contribution in [2.24, 2.45) is 0 Å². The number of piperazine rings is 1. The van der Waals surface area contributed by atoms with Crippen LogP contribution in [-0.2, 0) is 4.74 Å². The number of carbonyl (C=O) groups is 1. The van der Waals surface area contributed by atoms with E-state index in [-0.39, 0.29) is 16.2 Å². The van der Waals surface area contributed by atoms with E-state index in [1.807, 2.05) is 6.92 Å². The van der Waals surface area contributed by atoms with Gasteiger partial charge < -0.3 is 20.3 Å². The Morgan fingerprint density at radius 3 is 2.58 bits per heavy atom. The highest BCUT2D eigenvalue weighted by molar-refractivity contribution is 9.10. The molecule has 0 aliphatic carbocycles. The van der Waals surface area contributed by atoms with Crippen molar-refractivity contribution in [3.8, 4) is 0 Å². The summed E-state index contributed by atoms with van der Waals surface area (Å²) in [4.78, 5) is 25.8. The van der Waals surface area contributed by atoms with Gasteiger partial charge in [-0.3, -0.25) is 10.1 Å². The molecule has 0 bridgehead atoms. The lowest BCUT2D eigenvalue weighted by molar-refractivity contribution is -0.384. The Bertz CT molecular complexity index is 738. The standard InChI is InChI=1S/C16H22BrFN4O4/c1-9-8-20(15(23)26-16(2,3)4)5-6-21(9)14-10(17)7-11(22(24)25)13(19)12(14)18/h7,9H,5-6,8,19H2,1-4H3. The quantitative estimate of drug-likeness (QED) is 0.435. The van der Waals surface area contributed by atoms with Crippen LogP contribution in [0.1, 0.15) is 27.7 Å². The largest absolute Gasteiger partial charge is 0.444 e. The van der Waals surface area contributed by atoms with Crippen LogP contribution in [-0.4, -0.2) is 47.2 Å². The van der Waals surface area contributed by atoms with Gasteiger partial charge in [0.05, 0.1) is 15.1 Å². The first-order valence-corrected chi connectivity index (χ1v) is 8.88. The fourth-order valence-corrected chi connectivity index (χ4v) is 3.43. The highest BCUT2D eigenvalue weighted by atomic mass is 79.9. The van der Waals surface area contributed by atoms with Crippen molar-refractivity contribution in [1.29, 1.82) is 0 Å². The predicted octanol–water partition coefficient (Wildman–Crippen LogP) is 3.52. The number of halogens is 2. The third kappa shape index (κ3) is 4.17. The van der Waals surface area contributed by atoms with Crippen LogP contribution in [0.15, 0.2) is 10.5 Å². The van der Waals surface area contributed by atoms with Gasteiger partial charge in [-0.1, -0.05) is 0 Å². The lowest BCUT2D eigenvalue weighted by Crippen LogP contribution is -2.55. The molecule has 1 amide bonds. The summed E-state index contributed by atoms with van der Waals surface area (Å²) in [6.45, 7) is 8.21. The second-order valence-corrected chi connectivity index (χ2v) is 8.03. The summed E-state index contributed by atoms with van der Waals surface area (Å²) in [7, 11) is 0. The molecular formula is C16H22BrFN4O4. The van der Waals surface area contributed by atoms with Crippen molar-refractivity contribution in [2.45, 2.75) is 39.3 Å². The molecule has 144 valence electrons. The molecule has 0 saturated carbocycles. The zero-order valence-electron chi connectivity index (χ0n) is 15.1. The summed E-state index contributed by atoms with van der Waals surface area (Å²) in [5.41, 5.74) is 4.17. The Labute approximate surface area is 159 Å². The summed E-state index contributed by atoms with van der Waals surface area (Å²) < 4.78 is 20.3. The summed E-state index contributed by atoms with van der Waals surface area (Å²) >= 11 is 3.20. The number of amides is 1. The number of nitrogen functional groups attached to an aromatic ring is 1. The van der Waals surface area contributed by atoms with Crippen LogP contribution in [0.5, 0.6) is 0 Å². The van der Waals surface area contributed by atoms with Crippen LogP contribution in [0, 0.1) is 15.9 Å². The molecule has 1 unspecified atom stereocenters. The van der Waals surface area contributed by atoms with Gasteiger partial charge in [-0.25, -0.2) is 9.18 Å². The first kappa shape index (κ1) is 20.2. The van der Waals surface area contributed by atoms with E-state index < -0.39 is 33.8 Å². The number of nitrogens with two attached hydrogens (primary N) is 1. The first-order valence-electron chi connectivity index (χ1n) is 8.08. The van der Waals surface area contributed by atoms with E-state index >= 15 is 0 Å². The first-order chi connectivity index (χ1) is 11.9. The van der Waals surface area contributed by atoms with E-state index in [4.69, 9.17) is 10.5 Å². The highest BCUT2D eigenvalue weighted by Crippen LogP contribution is 2.40. The van der Waals surface area contributed by atoms with Crippen LogP contribution >= 0.6 is 15.9 Å². The van der Waals surface area contributed by atoms with E-state index in [0.29, 0.717) is 19.6 Å². The summed E-state index contributed by atoms with van der Waals surface area (Å²) in [5.74, 6) is -0.844. The van der Waals surface area contributed by atoms with Gasteiger partial charge in [0, 0.05) is 31.7 Å². The molecule has 1 aromatic rings. The van der Waals surface area contributed by atoms with Crippen LogP contribution in [0.4, 0.5) is 26.2 Å². The lowest BCUT2D eigenvalue weighted by atomic mass is 10.1. The van der Waals surface area contributed by atoms with Gasteiger partial charge in [0.25, 0.3) is 5.69 Å². The van der Waals surface area contributed by atoms with E-state index in [1.54, 1.807) is 30.6 Å². The van der Waals surface area contributed by atoms with E-state index in [0.717, 1.165) is 0 Å². The zero-order chi connectivity index (χ0) is 19.8. The number of nitro groups is 1. The maximum Gasteiger partial charge on any atom is 0.410 e. The van der Waals surface area contributed by atoms with Crippen molar-refractivity contribution < 1.29 is 18.8 Å². The molecule has 10 heteroatoms. The van der Waals surface area contributed by atoms with Gasteiger partial charge >= 0.3 is 6.09 Å². The van der Waals surface area contributed by atoms with E-state index in [1.165, 1.54) is 6.07 Å². The summed E-state index contributed by atoms with van der Waals surface area (Å²) in [6.07, 6.45) is -0.424. The maximum atomic E-state index is 14.7. The molecule has 0 aromatic heterocycles. The van der Waals surface area contributed by atoms with Crippen molar-refractivity contribution in [2.75, 3.05) is 30.3 Å². The topological polar surface area (TPSA) is 102 Å². The van der Waals surface area contributed by atoms with Crippen molar-refractivity contribution in [3.63, 3.8) is 0 Å². The number of benzene rings is 1. The molecule has 2 rings (SSSR count). The minimum atomic E-state index is -0.844. The maximum absolute atomic E-state index is 14.7. The van der Waals surface area contributed by atoms with Crippen LogP contribution in [0.25, 0.3) is 0 Å². The van der Waals surface area contributed by atoms with Crippen LogP contribution in [0.2, 0.25) is 0 Å². The molecule has 26 heavy (non-hydrogen) atoms. The molecule has 1 aromatic carbocycles. The second kappa shape index (κ2) is 7.26. The molecule has 2 N–H and O–H groups in total. The van der Waals surface area contributed by atoms with Gasteiger partial charge in [0.15, 0.2) is 5.82 Å². The van der Waals surface area contributed by atoms with Gasteiger partial charge in [-0.15, -0.1) is 0 Å². The molecular weight excluding hydrogens is 411 g/mol. The third-order valence-corrected chi connectivity index (χ3v) is 4.58. The number of hydrogen-bond acceptors (Lipinski definition) is 6. The SMILES string of the molecule is CC1CN(C(=O)OC(C)(C)C)CCN1c1c(Br)cc([N+](=O)[O-])c(N)c1F. The van der Waals surface area contributed by atoms with Crippen molar-refractivity contribution >= 4 is 39.1 Å². The molecule has 0 spiro atoms. The van der Waals surface area contributed by atoms with Gasteiger partial charge in [-0.05, 0) is 43.6 Å². The van der Waals surface area contributed by atoms with Crippen molar-refractivity contribution in [3.05, 3.63) is 26.5 Å². The fraction of sp³-hybridized carbons (Fsp3) is 0.562. The predicted molar refractivity (Wildman–Crippen MR) is 99.8 cm³/mol. The molecule has 1 aliphatic heterocycles. The lowest BCUT2D eigenvalue weighted by Gasteiger charge is -2.41. The number of nitrogens with zero attached hydrogens (tertiary/aromatic N) is 3. The number of rotatable bonds is 2. The van der Waals surface area contributed by atoms with Crippen LogP contribution in [0.3, 0.4) is 0 Å². The summed E-state index contributed by atoms with van der Waals surface area (Å²) in [6, 6.07) is 0.962. The Balaban J connectivity index is 2.24. The fourth-order valence-electron chi connectivity index (χ4n) is 2.81. The average molecular weight is 433 g/mol. The summed E-state index contributed by atoms with van der Waals surface area (Å²) in [5, 5.41) is 11.0. The van der Waals surface area contributed by atoms with Crippen molar-refractivity contribution in [1.82, 2.24) is 4.90 Å². The van der Waals surface area contributed by atoms with Gasteiger partial charge in [0.2, 0.25) is 0 Å². The molecule has 1 heterocycles. The van der Waals surface area contributed by atoms with Gasteiger partial charge in [-0.2, -0.15) is 0 Å². The van der Waals surface area contributed by atoms with Crippen LogP contribution < -0.4 is 10.6 Å². The molecule has 1 saturated heterocycles. The molecule has 1 fully saturated rings. The van der Waals surface area contributed by atoms with Gasteiger partial charge in [0.1, 0.15) is 11.3 Å². The second-order valence-electron chi connectivity index (χ2n) is 7.18. The normalized spacial score (nSPS) is 18.0. The average Bonchev–Trinajstić information content (AvgIpc) is 2.50. The number of ether oxygens (including phenoxy) is 1. The third-order valence-electron chi connectivity index (χ3n) is 3.97. The zero-order valence-corrected chi connectivity index (χ0v) is 16.7. The minimum Gasteiger partial charge on any atom is -0.444 e. The number of hydrogen-bond donors (Lipinski definition) is 1. The monoisotopic (exact) mass is 432 g/mol. The Kier molecular flexibility index (Phi) is 5.64. The van der Waals surface area contributed by atoms with E-state index in [9.17, 15) is 19.3 Å². The Morgan fingerprint density at radius 2 is 2.08 bits per heavy atom. The molecule has 1 aliphatic rings. The molecule has 1 atom stereocenters. The molecule has 8 nitrogen and oxygen atoms in total.